The molecule has 0 bridgehead atoms. The van der Waals surface area contributed by atoms with Crippen molar-refractivity contribution in [2.75, 3.05) is 5.32 Å². The summed E-state index contributed by atoms with van der Waals surface area (Å²) in [6, 6.07) is 7.55. The van der Waals surface area contributed by atoms with E-state index in [1.54, 1.807) is 0 Å². The molecule has 2 aliphatic rings. The minimum atomic E-state index is 0.303. The van der Waals surface area contributed by atoms with E-state index >= 15 is 0 Å². The molecule has 0 aromatic heterocycles. The zero-order valence-corrected chi connectivity index (χ0v) is 15.4. The van der Waals surface area contributed by atoms with Gasteiger partial charge in [-0.1, -0.05) is 31.4 Å². The summed E-state index contributed by atoms with van der Waals surface area (Å²) >= 11 is 11.3. The number of rotatable bonds is 4. The van der Waals surface area contributed by atoms with Gasteiger partial charge in [0.1, 0.15) is 6.10 Å². The molecule has 126 valence electrons. The summed E-state index contributed by atoms with van der Waals surface area (Å²) in [4.78, 5) is 0. The summed E-state index contributed by atoms with van der Waals surface area (Å²) in [5, 5.41) is 4.39. The van der Waals surface area contributed by atoms with Crippen LogP contribution in [0.1, 0.15) is 58.3 Å². The topological polar surface area (TPSA) is 21.3 Å². The van der Waals surface area contributed by atoms with Crippen LogP contribution in [-0.2, 0) is 4.74 Å². The van der Waals surface area contributed by atoms with Gasteiger partial charge in [0.15, 0.2) is 0 Å². The Hall–Kier alpha value is -0.800. The fourth-order valence-electron chi connectivity index (χ4n) is 4.19. The molecule has 2 aliphatic carbocycles. The van der Waals surface area contributed by atoms with Gasteiger partial charge >= 0.3 is 0 Å². The number of hydrogen-bond acceptors (Lipinski definition) is 2. The molecule has 1 N–H and O–H groups in total. The van der Waals surface area contributed by atoms with Crippen LogP contribution in [0, 0.1) is 11.3 Å². The van der Waals surface area contributed by atoms with Crippen molar-refractivity contribution in [1.29, 1.82) is 0 Å². The maximum Gasteiger partial charge on any atom is 0.261 e. The quantitative estimate of drug-likeness (QED) is 0.653. The average Bonchev–Trinajstić information content (AvgIpc) is 2.55. The second-order valence-electron chi connectivity index (χ2n) is 7.16. The lowest BCUT2D eigenvalue weighted by molar-refractivity contribution is -0.0843. The summed E-state index contributed by atoms with van der Waals surface area (Å²) < 4.78 is 6.10. The fraction of sp³-hybridized carbons (Fsp3) is 0.632. The molecule has 1 atom stereocenters. The number of anilines is 1. The lowest BCUT2D eigenvalue weighted by atomic mass is 9.57. The molecule has 0 saturated heterocycles. The Balaban J connectivity index is 1.50. The first kappa shape index (κ1) is 17.0. The Labute approximate surface area is 149 Å². The highest BCUT2D eigenvalue weighted by molar-refractivity contribution is 7.80. The summed E-state index contributed by atoms with van der Waals surface area (Å²) in [6.07, 6.45) is 10.8. The molecule has 0 aliphatic heterocycles. The minimum absolute atomic E-state index is 0.303. The van der Waals surface area contributed by atoms with Gasteiger partial charge in [-0.25, -0.2) is 0 Å². The van der Waals surface area contributed by atoms with E-state index in [-0.39, 0.29) is 0 Å². The third-order valence-corrected chi connectivity index (χ3v) is 6.18. The maximum atomic E-state index is 6.10. The molecular weight excluding hydrogens is 326 g/mol. The largest absolute Gasteiger partial charge is 0.467 e. The van der Waals surface area contributed by atoms with Gasteiger partial charge in [0.25, 0.3) is 5.17 Å². The third kappa shape index (κ3) is 4.00. The molecule has 1 aromatic rings. The van der Waals surface area contributed by atoms with E-state index in [4.69, 9.17) is 28.6 Å². The molecule has 2 saturated carbocycles. The van der Waals surface area contributed by atoms with Crippen molar-refractivity contribution in [2.45, 2.75) is 64.4 Å². The van der Waals surface area contributed by atoms with E-state index in [9.17, 15) is 0 Å². The van der Waals surface area contributed by atoms with Gasteiger partial charge in [-0.3, -0.25) is 0 Å². The van der Waals surface area contributed by atoms with Gasteiger partial charge in [-0.15, -0.1) is 0 Å². The standard InChI is InChI=1S/C19H26ClNOS/c1-2-3-14-8-11-19(12-9-14)13-10-17(19)22-18(23)21-16-6-4-15(20)5-7-16/h4-7,14,17H,2-3,8-13H2,1H3,(H,21,23). The van der Waals surface area contributed by atoms with Crippen molar-refractivity contribution in [3.8, 4) is 0 Å². The molecule has 2 nitrogen and oxygen atoms in total. The number of halogens is 1. The van der Waals surface area contributed by atoms with E-state index in [0.717, 1.165) is 23.0 Å². The monoisotopic (exact) mass is 351 g/mol. The van der Waals surface area contributed by atoms with Gasteiger partial charge in [-0.05, 0) is 80.9 Å². The van der Waals surface area contributed by atoms with Crippen molar-refractivity contribution >= 4 is 34.7 Å². The molecule has 23 heavy (non-hydrogen) atoms. The second-order valence-corrected chi connectivity index (χ2v) is 7.97. The molecule has 0 amide bonds. The summed E-state index contributed by atoms with van der Waals surface area (Å²) in [5.41, 5.74) is 1.33. The van der Waals surface area contributed by atoms with Crippen LogP contribution in [0.25, 0.3) is 0 Å². The highest BCUT2D eigenvalue weighted by Crippen LogP contribution is 2.54. The van der Waals surface area contributed by atoms with Crippen LogP contribution in [0.3, 0.4) is 0 Å². The Kier molecular flexibility index (Phi) is 5.48. The van der Waals surface area contributed by atoms with Crippen LogP contribution in [0.5, 0.6) is 0 Å². The number of nitrogens with one attached hydrogen (secondary N) is 1. The molecule has 0 radical (unpaired) electrons. The molecule has 1 aromatic carbocycles. The summed E-state index contributed by atoms with van der Waals surface area (Å²) in [5.74, 6) is 0.936. The number of ether oxygens (including phenoxy) is 1. The zero-order chi connectivity index (χ0) is 16.3. The minimum Gasteiger partial charge on any atom is -0.467 e. The molecule has 2 fully saturated rings. The average molecular weight is 352 g/mol. The van der Waals surface area contributed by atoms with Crippen molar-refractivity contribution < 1.29 is 4.74 Å². The predicted octanol–water partition coefficient (Wildman–Crippen LogP) is 6.19. The van der Waals surface area contributed by atoms with Gasteiger partial charge < -0.3 is 10.1 Å². The van der Waals surface area contributed by atoms with Gasteiger partial charge in [0, 0.05) is 16.1 Å². The van der Waals surface area contributed by atoms with E-state index < -0.39 is 0 Å². The van der Waals surface area contributed by atoms with E-state index in [1.807, 2.05) is 24.3 Å². The Bertz CT molecular complexity index is 537. The normalized spacial score (nSPS) is 29.8. The van der Waals surface area contributed by atoms with Gasteiger partial charge in [0.05, 0.1) is 0 Å². The molecular formula is C19H26ClNOS. The van der Waals surface area contributed by atoms with E-state index in [2.05, 4.69) is 12.2 Å². The lowest BCUT2D eigenvalue weighted by Gasteiger charge is -2.52. The SMILES string of the molecule is CCCC1CCC2(CC1)CCC2OC(=S)Nc1ccc(Cl)cc1. The number of hydrogen-bond donors (Lipinski definition) is 1. The van der Waals surface area contributed by atoms with Crippen LogP contribution in [0.4, 0.5) is 5.69 Å². The van der Waals surface area contributed by atoms with Crippen LogP contribution >= 0.6 is 23.8 Å². The van der Waals surface area contributed by atoms with E-state index in [0.29, 0.717) is 16.7 Å². The van der Waals surface area contributed by atoms with Crippen LogP contribution in [0.15, 0.2) is 24.3 Å². The Morgan fingerprint density at radius 1 is 1.22 bits per heavy atom. The lowest BCUT2D eigenvalue weighted by Crippen LogP contribution is -2.50. The zero-order valence-electron chi connectivity index (χ0n) is 13.8. The Morgan fingerprint density at radius 3 is 2.43 bits per heavy atom. The Morgan fingerprint density at radius 2 is 1.87 bits per heavy atom. The molecule has 1 spiro atoms. The van der Waals surface area contributed by atoms with E-state index in [1.165, 1.54) is 44.9 Å². The third-order valence-electron chi connectivity index (χ3n) is 5.73. The number of benzene rings is 1. The molecule has 0 heterocycles. The summed E-state index contributed by atoms with van der Waals surface area (Å²) in [6.45, 7) is 2.29. The van der Waals surface area contributed by atoms with Crippen molar-refractivity contribution in [3.05, 3.63) is 29.3 Å². The summed E-state index contributed by atoms with van der Waals surface area (Å²) in [7, 11) is 0. The highest BCUT2D eigenvalue weighted by Gasteiger charge is 2.50. The van der Waals surface area contributed by atoms with Crippen LogP contribution in [-0.4, -0.2) is 11.3 Å². The molecule has 3 rings (SSSR count). The predicted molar refractivity (Wildman–Crippen MR) is 101 cm³/mol. The first-order valence-corrected chi connectivity index (χ1v) is 9.63. The first-order chi connectivity index (χ1) is 11.1. The van der Waals surface area contributed by atoms with Gasteiger partial charge in [-0.2, -0.15) is 0 Å². The smallest absolute Gasteiger partial charge is 0.261 e. The molecule has 1 unspecified atom stereocenters. The highest BCUT2D eigenvalue weighted by atomic mass is 35.5. The van der Waals surface area contributed by atoms with Crippen LogP contribution in [0.2, 0.25) is 5.02 Å². The van der Waals surface area contributed by atoms with Crippen LogP contribution < -0.4 is 5.32 Å². The fourth-order valence-corrected chi connectivity index (χ4v) is 4.55. The van der Waals surface area contributed by atoms with Crippen molar-refractivity contribution in [2.24, 2.45) is 11.3 Å². The van der Waals surface area contributed by atoms with Crippen molar-refractivity contribution in [1.82, 2.24) is 0 Å². The number of thiocarbonyl (C=S) groups is 1. The molecule has 4 heteroatoms. The second kappa shape index (κ2) is 7.40. The maximum absolute atomic E-state index is 6.10. The van der Waals surface area contributed by atoms with Gasteiger partial charge in [0.2, 0.25) is 0 Å². The first-order valence-electron chi connectivity index (χ1n) is 8.84. The van der Waals surface area contributed by atoms with Crippen molar-refractivity contribution in [3.63, 3.8) is 0 Å².